The van der Waals surface area contributed by atoms with Gasteiger partial charge in [0.05, 0.1) is 0 Å². The Kier molecular flexibility index (Phi) is 4.64. The molecule has 1 aromatic rings. The summed E-state index contributed by atoms with van der Waals surface area (Å²) in [5, 5.41) is 0. The summed E-state index contributed by atoms with van der Waals surface area (Å²) in [6.07, 6.45) is 3.68. The van der Waals surface area contributed by atoms with Crippen molar-refractivity contribution in [1.82, 2.24) is 4.90 Å². The van der Waals surface area contributed by atoms with E-state index in [-0.39, 0.29) is 5.54 Å². The standard InChI is InChI=1S/C17H28N2/c1-14(2)16-10-7-11-19(16)17(3,13-18)12-15-8-5-4-6-9-15/h4-6,8-9,14,16H,7,10-13,18H2,1-3H3. The first-order chi connectivity index (χ1) is 9.07. The molecule has 1 heterocycles. The van der Waals surface area contributed by atoms with E-state index in [1.165, 1.54) is 24.9 Å². The van der Waals surface area contributed by atoms with E-state index in [0.717, 1.165) is 13.0 Å². The molecule has 0 aliphatic carbocycles. The maximum Gasteiger partial charge on any atom is 0.0346 e. The zero-order valence-corrected chi connectivity index (χ0v) is 12.6. The molecule has 1 aromatic carbocycles. The second kappa shape index (κ2) is 6.06. The highest BCUT2D eigenvalue weighted by molar-refractivity contribution is 5.18. The summed E-state index contributed by atoms with van der Waals surface area (Å²) >= 11 is 0. The van der Waals surface area contributed by atoms with Crippen LogP contribution >= 0.6 is 0 Å². The highest BCUT2D eigenvalue weighted by atomic mass is 15.2. The monoisotopic (exact) mass is 260 g/mol. The SMILES string of the molecule is CC(C)C1CCCN1C(C)(CN)Cc1ccccc1. The molecule has 2 N–H and O–H groups in total. The quantitative estimate of drug-likeness (QED) is 0.881. The van der Waals surface area contributed by atoms with Gasteiger partial charge in [-0.15, -0.1) is 0 Å². The molecule has 0 amide bonds. The fraction of sp³-hybridized carbons (Fsp3) is 0.647. The van der Waals surface area contributed by atoms with Crippen molar-refractivity contribution in [2.45, 2.75) is 51.6 Å². The average Bonchev–Trinajstić information content (AvgIpc) is 2.90. The number of likely N-dealkylation sites (tertiary alicyclic amines) is 1. The van der Waals surface area contributed by atoms with E-state index in [4.69, 9.17) is 5.73 Å². The summed E-state index contributed by atoms with van der Waals surface area (Å²) in [7, 11) is 0. The van der Waals surface area contributed by atoms with Crippen LogP contribution in [0.3, 0.4) is 0 Å². The highest BCUT2D eigenvalue weighted by Crippen LogP contribution is 2.32. The van der Waals surface area contributed by atoms with Gasteiger partial charge >= 0.3 is 0 Å². The number of rotatable bonds is 5. The number of nitrogens with two attached hydrogens (primary N) is 1. The maximum absolute atomic E-state index is 6.16. The zero-order chi connectivity index (χ0) is 13.9. The summed E-state index contributed by atoms with van der Waals surface area (Å²) in [6, 6.07) is 11.4. The number of hydrogen-bond donors (Lipinski definition) is 1. The fourth-order valence-corrected chi connectivity index (χ4v) is 3.48. The molecule has 19 heavy (non-hydrogen) atoms. The Labute approximate surface area is 118 Å². The molecule has 0 saturated carbocycles. The Bertz CT molecular complexity index is 388. The second-order valence-corrected chi connectivity index (χ2v) is 6.51. The lowest BCUT2D eigenvalue weighted by Crippen LogP contribution is -2.56. The van der Waals surface area contributed by atoms with E-state index < -0.39 is 0 Å². The summed E-state index contributed by atoms with van der Waals surface area (Å²) in [6.45, 7) is 8.93. The molecular formula is C17H28N2. The van der Waals surface area contributed by atoms with Gasteiger partial charge in [-0.05, 0) is 44.2 Å². The molecule has 2 heteroatoms. The molecular weight excluding hydrogens is 232 g/mol. The molecule has 0 spiro atoms. The zero-order valence-electron chi connectivity index (χ0n) is 12.6. The van der Waals surface area contributed by atoms with Crippen molar-refractivity contribution in [2.24, 2.45) is 11.7 Å². The molecule has 1 fully saturated rings. The predicted molar refractivity (Wildman–Crippen MR) is 82.2 cm³/mol. The minimum atomic E-state index is 0.0901. The molecule has 2 atom stereocenters. The molecule has 1 aliphatic heterocycles. The summed E-state index contributed by atoms with van der Waals surface area (Å²) in [5.74, 6) is 0.712. The molecule has 1 aliphatic rings. The number of benzene rings is 1. The molecule has 2 unspecified atom stereocenters. The molecule has 2 rings (SSSR count). The van der Waals surface area contributed by atoms with Crippen molar-refractivity contribution in [2.75, 3.05) is 13.1 Å². The lowest BCUT2D eigenvalue weighted by Gasteiger charge is -2.43. The molecule has 2 nitrogen and oxygen atoms in total. The largest absolute Gasteiger partial charge is 0.329 e. The summed E-state index contributed by atoms with van der Waals surface area (Å²) < 4.78 is 0. The van der Waals surface area contributed by atoms with Crippen LogP contribution in [0.2, 0.25) is 0 Å². The summed E-state index contributed by atoms with van der Waals surface area (Å²) in [5.41, 5.74) is 7.64. The van der Waals surface area contributed by atoms with Gasteiger partial charge in [0.1, 0.15) is 0 Å². The molecule has 106 valence electrons. The van der Waals surface area contributed by atoms with Gasteiger partial charge in [0.2, 0.25) is 0 Å². The van der Waals surface area contributed by atoms with Crippen LogP contribution in [0.4, 0.5) is 0 Å². The van der Waals surface area contributed by atoms with E-state index in [0.29, 0.717) is 12.0 Å². The lowest BCUT2D eigenvalue weighted by molar-refractivity contribution is 0.0736. The maximum atomic E-state index is 6.16. The molecule has 0 aromatic heterocycles. The van der Waals surface area contributed by atoms with Gasteiger partial charge in [-0.3, -0.25) is 4.90 Å². The molecule has 0 bridgehead atoms. The van der Waals surface area contributed by atoms with Gasteiger partial charge in [0, 0.05) is 18.1 Å². The Morgan fingerprint density at radius 3 is 2.58 bits per heavy atom. The van der Waals surface area contributed by atoms with Crippen LogP contribution in [0, 0.1) is 5.92 Å². The summed E-state index contributed by atoms with van der Waals surface area (Å²) in [4.78, 5) is 2.67. The Balaban J connectivity index is 2.17. The first kappa shape index (κ1) is 14.5. The van der Waals surface area contributed by atoms with Gasteiger partial charge in [0.25, 0.3) is 0 Å². The normalized spacial score (nSPS) is 23.7. The first-order valence-corrected chi connectivity index (χ1v) is 7.57. The van der Waals surface area contributed by atoms with Gasteiger partial charge < -0.3 is 5.73 Å². The molecule has 0 radical (unpaired) electrons. The van der Waals surface area contributed by atoms with Crippen LogP contribution < -0.4 is 5.73 Å². The van der Waals surface area contributed by atoms with E-state index >= 15 is 0 Å². The van der Waals surface area contributed by atoms with Gasteiger partial charge in [-0.25, -0.2) is 0 Å². The fourth-order valence-electron chi connectivity index (χ4n) is 3.48. The van der Waals surface area contributed by atoms with Crippen molar-refractivity contribution in [1.29, 1.82) is 0 Å². The Morgan fingerprint density at radius 1 is 1.32 bits per heavy atom. The van der Waals surface area contributed by atoms with E-state index in [1.54, 1.807) is 0 Å². The van der Waals surface area contributed by atoms with Crippen molar-refractivity contribution in [3.63, 3.8) is 0 Å². The van der Waals surface area contributed by atoms with Gasteiger partial charge in [-0.2, -0.15) is 0 Å². The topological polar surface area (TPSA) is 29.3 Å². The van der Waals surface area contributed by atoms with Crippen LogP contribution in [0.15, 0.2) is 30.3 Å². The van der Waals surface area contributed by atoms with E-state index in [9.17, 15) is 0 Å². The van der Waals surface area contributed by atoms with Crippen molar-refractivity contribution in [3.05, 3.63) is 35.9 Å². The van der Waals surface area contributed by atoms with Crippen LogP contribution in [-0.2, 0) is 6.42 Å². The van der Waals surface area contributed by atoms with Crippen LogP contribution in [-0.4, -0.2) is 29.6 Å². The predicted octanol–water partition coefficient (Wildman–Crippen LogP) is 3.07. The van der Waals surface area contributed by atoms with Gasteiger partial charge in [-0.1, -0.05) is 44.2 Å². The average molecular weight is 260 g/mol. The van der Waals surface area contributed by atoms with Crippen LogP contribution in [0.1, 0.15) is 39.2 Å². The molecule has 1 saturated heterocycles. The number of hydrogen-bond acceptors (Lipinski definition) is 2. The first-order valence-electron chi connectivity index (χ1n) is 7.57. The van der Waals surface area contributed by atoms with Crippen LogP contribution in [0.5, 0.6) is 0 Å². The third kappa shape index (κ3) is 3.18. The highest BCUT2D eigenvalue weighted by Gasteiger charge is 2.39. The second-order valence-electron chi connectivity index (χ2n) is 6.51. The van der Waals surface area contributed by atoms with E-state index in [1.807, 2.05) is 0 Å². The third-order valence-corrected chi connectivity index (χ3v) is 4.63. The van der Waals surface area contributed by atoms with Crippen molar-refractivity contribution in [3.8, 4) is 0 Å². The van der Waals surface area contributed by atoms with E-state index in [2.05, 4.69) is 56.0 Å². The smallest absolute Gasteiger partial charge is 0.0346 e. The lowest BCUT2D eigenvalue weighted by atomic mass is 9.88. The van der Waals surface area contributed by atoms with Crippen molar-refractivity contribution >= 4 is 0 Å². The Hall–Kier alpha value is -0.860. The Morgan fingerprint density at radius 2 is 2.00 bits per heavy atom. The van der Waals surface area contributed by atoms with Gasteiger partial charge in [0.15, 0.2) is 0 Å². The minimum Gasteiger partial charge on any atom is -0.329 e. The van der Waals surface area contributed by atoms with Crippen LogP contribution in [0.25, 0.3) is 0 Å². The minimum absolute atomic E-state index is 0.0901. The number of nitrogens with zero attached hydrogens (tertiary/aromatic N) is 1. The van der Waals surface area contributed by atoms with Crippen molar-refractivity contribution < 1.29 is 0 Å². The third-order valence-electron chi connectivity index (χ3n) is 4.63.